The fourth-order valence-electron chi connectivity index (χ4n) is 2.58. The minimum absolute atomic E-state index is 0.268. The lowest BCUT2D eigenvalue weighted by Crippen LogP contribution is -2.38. The highest BCUT2D eigenvalue weighted by Gasteiger charge is 2.39. The lowest BCUT2D eigenvalue weighted by atomic mass is 10.0. The van der Waals surface area contributed by atoms with Crippen molar-refractivity contribution >= 4 is 0 Å². The molecule has 1 heterocycles. The Balaban J connectivity index is 2.19. The molecule has 1 saturated heterocycles. The molecule has 0 aromatic carbocycles. The third kappa shape index (κ3) is 1.37. The van der Waals surface area contributed by atoms with Crippen LogP contribution in [0.2, 0.25) is 0 Å². The van der Waals surface area contributed by atoms with Gasteiger partial charge in [-0.15, -0.1) is 0 Å². The van der Waals surface area contributed by atoms with E-state index in [1.54, 1.807) is 0 Å². The van der Waals surface area contributed by atoms with E-state index < -0.39 is 0 Å². The topological polar surface area (TPSA) is 29.3 Å². The Kier molecular flexibility index (Phi) is 1.91. The summed E-state index contributed by atoms with van der Waals surface area (Å²) in [6.45, 7) is 8.02. The number of hydrogen-bond acceptors (Lipinski definition) is 2. The van der Waals surface area contributed by atoms with Crippen molar-refractivity contribution in [2.75, 3.05) is 6.54 Å². The van der Waals surface area contributed by atoms with Crippen molar-refractivity contribution in [1.29, 1.82) is 0 Å². The van der Waals surface area contributed by atoms with Crippen molar-refractivity contribution in [2.45, 2.75) is 45.2 Å². The van der Waals surface area contributed by atoms with E-state index in [4.69, 9.17) is 5.73 Å². The molecule has 0 radical (unpaired) electrons. The first-order valence-electron chi connectivity index (χ1n) is 5.23. The summed E-state index contributed by atoms with van der Waals surface area (Å²) in [4.78, 5) is 2.52. The Hall–Kier alpha value is -0.500. The van der Waals surface area contributed by atoms with Gasteiger partial charge in [0.15, 0.2) is 0 Å². The van der Waals surface area contributed by atoms with Gasteiger partial charge in [0.25, 0.3) is 0 Å². The van der Waals surface area contributed by atoms with E-state index in [1.165, 1.54) is 18.7 Å². The van der Waals surface area contributed by atoms with Gasteiger partial charge < -0.3 is 10.6 Å². The van der Waals surface area contributed by atoms with Crippen LogP contribution in [0.4, 0.5) is 0 Å². The third-order valence-electron chi connectivity index (χ3n) is 3.28. The Bertz CT molecular complexity index is 237. The number of fused-ring (bicyclic) bond motifs is 1. The number of hydrogen-bond donors (Lipinski definition) is 1. The third-order valence-corrected chi connectivity index (χ3v) is 3.28. The zero-order valence-electron chi connectivity index (χ0n) is 8.88. The number of rotatable bonds is 0. The summed E-state index contributed by atoms with van der Waals surface area (Å²) >= 11 is 0. The number of likely N-dealkylation sites (tertiary alicyclic amines) is 1. The molecule has 1 fully saturated rings. The van der Waals surface area contributed by atoms with E-state index in [0.29, 0.717) is 12.0 Å². The summed E-state index contributed by atoms with van der Waals surface area (Å²) in [5.74, 6) is 0.652. The van der Waals surface area contributed by atoms with Gasteiger partial charge in [0, 0.05) is 29.7 Å². The van der Waals surface area contributed by atoms with Crippen LogP contribution in [0, 0.1) is 5.92 Å². The van der Waals surface area contributed by atoms with Gasteiger partial charge in [-0.2, -0.15) is 0 Å². The van der Waals surface area contributed by atoms with Crippen LogP contribution in [0.5, 0.6) is 0 Å². The molecule has 74 valence electrons. The predicted molar refractivity (Wildman–Crippen MR) is 55.2 cm³/mol. The zero-order valence-corrected chi connectivity index (χ0v) is 8.88. The second kappa shape index (κ2) is 2.74. The largest absolute Gasteiger partial charge is 0.370 e. The lowest BCUT2D eigenvalue weighted by molar-refractivity contribution is 0.211. The van der Waals surface area contributed by atoms with E-state index in [1.807, 2.05) is 0 Å². The van der Waals surface area contributed by atoms with E-state index in [9.17, 15) is 0 Å². The first-order chi connectivity index (χ1) is 6.00. The number of nitrogens with zero attached hydrogens (tertiary/aromatic N) is 1. The molecule has 2 unspecified atom stereocenters. The highest BCUT2D eigenvalue weighted by molar-refractivity contribution is 5.22. The Labute approximate surface area is 80.8 Å². The number of nitrogens with two attached hydrogens (primary N) is 1. The molecule has 13 heavy (non-hydrogen) atoms. The molecule has 0 aromatic heterocycles. The van der Waals surface area contributed by atoms with Crippen LogP contribution >= 0.6 is 0 Å². The Morgan fingerprint density at radius 3 is 2.77 bits per heavy atom. The van der Waals surface area contributed by atoms with Crippen molar-refractivity contribution in [3.05, 3.63) is 11.8 Å². The molecule has 0 amide bonds. The summed E-state index contributed by atoms with van der Waals surface area (Å²) in [5.41, 5.74) is 7.83. The van der Waals surface area contributed by atoms with Gasteiger partial charge in [-0.05, 0) is 33.6 Å². The Morgan fingerprint density at radius 1 is 1.46 bits per heavy atom. The molecular formula is C11H20N2. The van der Waals surface area contributed by atoms with Gasteiger partial charge in [-0.3, -0.25) is 0 Å². The van der Waals surface area contributed by atoms with Crippen LogP contribution < -0.4 is 5.73 Å². The monoisotopic (exact) mass is 180 g/mol. The molecule has 2 atom stereocenters. The van der Waals surface area contributed by atoms with Gasteiger partial charge in [0.05, 0.1) is 0 Å². The second-order valence-corrected chi connectivity index (χ2v) is 5.25. The molecule has 2 nitrogen and oxygen atoms in total. The van der Waals surface area contributed by atoms with E-state index in [2.05, 4.69) is 31.7 Å². The van der Waals surface area contributed by atoms with Crippen LogP contribution in [0.1, 0.15) is 33.6 Å². The van der Waals surface area contributed by atoms with E-state index in [-0.39, 0.29) is 5.54 Å². The van der Waals surface area contributed by atoms with Crippen LogP contribution in [-0.2, 0) is 0 Å². The first-order valence-corrected chi connectivity index (χ1v) is 5.23. The van der Waals surface area contributed by atoms with Crippen molar-refractivity contribution < 1.29 is 0 Å². The minimum Gasteiger partial charge on any atom is -0.370 e. The molecule has 1 aliphatic heterocycles. The summed E-state index contributed by atoms with van der Waals surface area (Å²) in [6.07, 6.45) is 4.67. The normalized spacial score (nSPS) is 33.5. The molecule has 0 aromatic rings. The molecule has 0 spiro atoms. The molecule has 1 aliphatic carbocycles. The zero-order chi connectivity index (χ0) is 9.64. The standard InChI is InChI=1S/C11H20N2/c1-11(2,3)13-7-6-8-9(12)4-5-10(8)13/h5,8-9H,4,6-7,12H2,1-3H3. The fraction of sp³-hybridized carbons (Fsp3) is 0.818. The van der Waals surface area contributed by atoms with Crippen molar-refractivity contribution in [1.82, 2.24) is 4.90 Å². The molecule has 2 rings (SSSR count). The maximum atomic E-state index is 6.05. The highest BCUT2D eigenvalue weighted by Crippen LogP contribution is 2.40. The van der Waals surface area contributed by atoms with Crippen molar-refractivity contribution in [3.8, 4) is 0 Å². The summed E-state index contributed by atoms with van der Waals surface area (Å²) in [6, 6.07) is 0.391. The summed E-state index contributed by atoms with van der Waals surface area (Å²) in [5, 5.41) is 0. The van der Waals surface area contributed by atoms with Crippen molar-refractivity contribution in [2.24, 2.45) is 11.7 Å². The summed E-state index contributed by atoms with van der Waals surface area (Å²) < 4.78 is 0. The van der Waals surface area contributed by atoms with Crippen LogP contribution in [0.3, 0.4) is 0 Å². The Morgan fingerprint density at radius 2 is 2.15 bits per heavy atom. The maximum absolute atomic E-state index is 6.05. The van der Waals surface area contributed by atoms with Gasteiger partial charge in [-0.1, -0.05) is 6.08 Å². The predicted octanol–water partition coefficient (Wildman–Crippen LogP) is 1.72. The van der Waals surface area contributed by atoms with Gasteiger partial charge >= 0.3 is 0 Å². The average molecular weight is 180 g/mol. The smallest absolute Gasteiger partial charge is 0.0315 e. The van der Waals surface area contributed by atoms with E-state index in [0.717, 1.165) is 6.42 Å². The maximum Gasteiger partial charge on any atom is 0.0315 e. The van der Waals surface area contributed by atoms with Crippen LogP contribution in [-0.4, -0.2) is 23.0 Å². The minimum atomic E-state index is 0.268. The quantitative estimate of drug-likeness (QED) is 0.615. The van der Waals surface area contributed by atoms with Gasteiger partial charge in [0.2, 0.25) is 0 Å². The summed E-state index contributed by atoms with van der Waals surface area (Å²) in [7, 11) is 0. The molecule has 0 bridgehead atoms. The highest BCUT2D eigenvalue weighted by atomic mass is 15.2. The van der Waals surface area contributed by atoms with Crippen LogP contribution in [0.25, 0.3) is 0 Å². The molecule has 2 N–H and O–H groups in total. The average Bonchev–Trinajstić information content (AvgIpc) is 2.51. The molecule has 2 aliphatic rings. The van der Waals surface area contributed by atoms with E-state index >= 15 is 0 Å². The van der Waals surface area contributed by atoms with Crippen molar-refractivity contribution in [3.63, 3.8) is 0 Å². The van der Waals surface area contributed by atoms with Gasteiger partial charge in [-0.25, -0.2) is 0 Å². The molecule has 0 saturated carbocycles. The van der Waals surface area contributed by atoms with Crippen LogP contribution in [0.15, 0.2) is 11.8 Å². The lowest BCUT2D eigenvalue weighted by Gasteiger charge is -2.35. The fourth-order valence-corrected chi connectivity index (χ4v) is 2.58. The molecule has 2 heteroatoms. The first kappa shape index (κ1) is 9.07. The second-order valence-electron chi connectivity index (χ2n) is 5.25. The molecular weight excluding hydrogens is 160 g/mol. The SMILES string of the molecule is CC(C)(C)N1CCC2C1=CCC2N. The van der Waals surface area contributed by atoms with Gasteiger partial charge in [0.1, 0.15) is 0 Å².